The van der Waals surface area contributed by atoms with Gasteiger partial charge in [0, 0.05) is 43.6 Å². The third-order valence-corrected chi connectivity index (χ3v) is 11.9. The molecule has 0 amide bonds. The standard InChI is InChI=1S/C52H30N4O/c1-2-13-33-28-46-41(27-32(33)12-1)37-15-5-9-19-44(37)55(46)35-23-25-40-47(30-35)56(45-26-22-31-11-3-4-14-36(31)50(40)45)52-51(53-42-17-7-8-18-43(42)54-52)34-21-24-39-38-16-6-10-20-48(38)57-49(39)29-34/h1-30H. The van der Waals surface area contributed by atoms with Gasteiger partial charge in [0.05, 0.1) is 33.1 Å². The molecule has 0 spiro atoms. The molecule has 9 aromatic carbocycles. The Labute approximate surface area is 325 Å². The van der Waals surface area contributed by atoms with Gasteiger partial charge in [-0.3, -0.25) is 4.57 Å². The van der Waals surface area contributed by atoms with Gasteiger partial charge < -0.3 is 8.98 Å². The normalized spacial score (nSPS) is 12.2. The van der Waals surface area contributed by atoms with E-state index in [1.54, 1.807) is 0 Å². The molecule has 0 unspecified atom stereocenters. The van der Waals surface area contributed by atoms with Gasteiger partial charge in [-0.05, 0) is 88.3 Å². The molecule has 0 N–H and O–H groups in total. The number of hydrogen-bond acceptors (Lipinski definition) is 3. The van der Waals surface area contributed by atoms with E-state index in [9.17, 15) is 0 Å². The molecule has 0 aliphatic heterocycles. The molecule has 57 heavy (non-hydrogen) atoms. The summed E-state index contributed by atoms with van der Waals surface area (Å²) < 4.78 is 11.2. The first-order valence-corrected chi connectivity index (χ1v) is 19.3. The van der Waals surface area contributed by atoms with Crippen LogP contribution in [-0.4, -0.2) is 19.1 Å². The molecule has 0 radical (unpaired) electrons. The van der Waals surface area contributed by atoms with Crippen LogP contribution in [0.3, 0.4) is 0 Å². The molecule has 5 heteroatoms. The maximum Gasteiger partial charge on any atom is 0.165 e. The van der Waals surface area contributed by atoms with Crippen LogP contribution in [0.5, 0.6) is 0 Å². The van der Waals surface area contributed by atoms with Crippen molar-refractivity contribution < 1.29 is 4.42 Å². The third kappa shape index (κ3) is 4.34. The summed E-state index contributed by atoms with van der Waals surface area (Å²) in [4.78, 5) is 10.9. The van der Waals surface area contributed by atoms with Crippen molar-refractivity contribution >= 4 is 98.1 Å². The highest BCUT2D eigenvalue weighted by atomic mass is 16.3. The predicted molar refractivity (Wildman–Crippen MR) is 236 cm³/mol. The fourth-order valence-corrected chi connectivity index (χ4v) is 9.29. The van der Waals surface area contributed by atoms with Gasteiger partial charge in [0.1, 0.15) is 16.9 Å². The van der Waals surface area contributed by atoms with Crippen LogP contribution in [0.15, 0.2) is 186 Å². The molecule has 4 heterocycles. The maximum atomic E-state index is 6.42. The second-order valence-corrected chi connectivity index (χ2v) is 15.0. The van der Waals surface area contributed by atoms with Gasteiger partial charge in [-0.2, -0.15) is 0 Å². The quantitative estimate of drug-likeness (QED) is 0.182. The molecular weight excluding hydrogens is 697 g/mol. The lowest BCUT2D eigenvalue weighted by molar-refractivity contribution is 0.669. The molecule has 13 aromatic rings. The van der Waals surface area contributed by atoms with Crippen molar-refractivity contribution in [2.24, 2.45) is 0 Å². The average molecular weight is 727 g/mol. The van der Waals surface area contributed by atoms with Gasteiger partial charge >= 0.3 is 0 Å². The van der Waals surface area contributed by atoms with Gasteiger partial charge in [0.15, 0.2) is 5.82 Å². The van der Waals surface area contributed by atoms with Crippen molar-refractivity contribution in [1.82, 2.24) is 19.1 Å². The summed E-state index contributed by atoms with van der Waals surface area (Å²) >= 11 is 0. The summed E-state index contributed by atoms with van der Waals surface area (Å²) in [5, 5.41) is 11.8. The van der Waals surface area contributed by atoms with Gasteiger partial charge in [0.25, 0.3) is 0 Å². The highest BCUT2D eigenvalue weighted by Gasteiger charge is 2.23. The van der Waals surface area contributed by atoms with E-state index in [2.05, 4.69) is 161 Å². The molecule has 0 aliphatic rings. The first kappa shape index (κ1) is 30.6. The maximum absolute atomic E-state index is 6.42. The summed E-state index contributed by atoms with van der Waals surface area (Å²) in [7, 11) is 0. The second kappa shape index (κ2) is 11.4. The Morgan fingerprint density at radius 1 is 0.368 bits per heavy atom. The van der Waals surface area contributed by atoms with E-state index in [4.69, 9.17) is 14.4 Å². The molecule has 13 rings (SSSR count). The first-order chi connectivity index (χ1) is 28.2. The van der Waals surface area contributed by atoms with Crippen molar-refractivity contribution in [3.63, 3.8) is 0 Å². The highest BCUT2D eigenvalue weighted by Crippen LogP contribution is 2.42. The SMILES string of the molecule is c1ccc2cc3c(cc2c1)c1ccccc1n3-c1ccc2c3c4ccccc4ccc3n(-c3nc4ccccc4nc3-c3ccc4c(c3)oc3ccccc34)c2c1. The molecular formula is C52H30N4O. The van der Waals surface area contributed by atoms with E-state index in [0.29, 0.717) is 0 Å². The van der Waals surface area contributed by atoms with Crippen molar-refractivity contribution in [1.29, 1.82) is 0 Å². The number of furan rings is 1. The molecule has 0 saturated carbocycles. The minimum Gasteiger partial charge on any atom is -0.456 e. The lowest BCUT2D eigenvalue weighted by Crippen LogP contribution is -2.04. The van der Waals surface area contributed by atoms with E-state index in [1.165, 1.54) is 48.7 Å². The Balaban J connectivity index is 1.16. The van der Waals surface area contributed by atoms with Crippen LogP contribution in [0, 0.1) is 0 Å². The zero-order valence-corrected chi connectivity index (χ0v) is 30.5. The topological polar surface area (TPSA) is 48.8 Å². The van der Waals surface area contributed by atoms with Crippen LogP contribution in [0.2, 0.25) is 0 Å². The van der Waals surface area contributed by atoms with Crippen molar-refractivity contribution in [3.8, 4) is 22.8 Å². The summed E-state index contributed by atoms with van der Waals surface area (Å²) in [6, 6.07) is 64.9. The average Bonchev–Trinajstić information content (AvgIpc) is 3.92. The van der Waals surface area contributed by atoms with E-state index in [1.807, 2.05) is 30.3 Å². The number of aromatic nitrogens is 4. The Hall–Kier alpha value is -7.76. The van der Waals surface area contributed by atoms with E-state index in [-0.39, 0.29) is 0 Å². The Morgan fingerprint density at radius 2 is 1.04 bits per heavy atom. The second-order valence-electron chi connectivity index (χ2n) is 15.0. The first-order valence-electron chi connectivity index (χ1n) is 19.3. The van der Waals surface area contributed by atoms with Crippen LogP contribution in [0.4, 0.5) is 0 Å². The molecule has 4 aromatic heterocycles. The highest BCUT2D eigenvalue weighted by molar-refractivity contribution is 6.22. The minimum absolute atomic E-state index is 0.768. The van der Waals surface area contributed by atoms with Crippen LogP contribution in [0.1, 0.15) is 0 Å². The van der Waals surface area contributed by atoms with Crippen molar-refractivity contribution in [2.45, 2.75) is 0 Å². The van der Waals surface area contributed by atoms with Crippen molar-refractivity contribution in [2.75, 3.05) is 0 Å². The fraction of sp³-hybridized carbons (Fsp3) is 0. The summed E-state index contributed by atoms with van der Waals surface area (Å²) in [6.07, 6.45) is 0. The van der Waals surface area contributed by atoms with Crippen molar-refractivity contribution in [3.05, 3.63) is 182 Å². The molecule has 0 aliphatic carbocycles. The monoisotopic (exact) mass is 726 g/mol. The van der Waals surface area contributed by atoms with Gasteiger partial charge in [-0.25, -0.2) is 9.97 Å². The van der Waals surface area contributed by atoms with Gasteiger partial charge in [-0.15, -0.1) is 0 Å². The van der Waals surface area contributed by atoms with E-state index < -0.39 is 0 Å². The molecule has 0 atom stereocenters. The molecule has 0 bridgehead atoms. The number of benzene rings is 9. The van der Waals surface area contributed by atoms with E-state index >= 15 is 0 Å². The molecule has 264 valence electrons. The zero-order chi connectivity index (χ0) is 37.2. The molecule has 0 saturated heterocycles. The smallest absolute Gasteiger partial charge is 0.165 e. The predicted octanol–water partition coefficient (Wildman–Crippen LogP) is 13.7. The Bertz CT molecular complexity index is 3830. The molecule has 5 nitrogen and oxygen atoms in total. The summed E-state index contributed by atoms with van der Waals surface area (Å²) in [5.41, 5.74) is 10.6. The van der Waals surface area contributed by atoms with Crippen LogP contribution >= 0.6 is 0 Å². The zero-order valence-electron chi connectivity index (χ0n) is 30.5. The third-order valence-electron chi connectivity index (χ3n) is 11.9. The van der Waals surface area contributed by atoms with Crippen LogP contribution in [-0.2, 0) is 0 Å². The fourth-order valence-electron chi connectivity index (χ4n) is 9.29. The number of fused-ring (bicyclic) bond motifs is 13. The molecule has 0 fully saturated rings. The number of rotatable bonds is 3. The minimum atomic E-state index is 0.768. The van der Waals surface area contributed by atoms with Gasteiger partial charge in [-0.1, -0.05) is 115 Å². The largest absolute Gasteiger partial charge is 0.456 e. The van der Waals surface area contributed by atoms with Crippen LogP contribution < -0.4 is 0 Å². The lowest BCUT2D eigenvalue weighted by Gasteiger charge is -2.15. The Kier molecular flexibility index (Phi) is 6.10. The van der Waals surface area contributed by atoms with Gasteiger partial charge in [0.2, 0.25) is 0 Å². The summed E-state index contributed by atoms with van der Waals surface area (Å²) in [5.74, 6) is 0.768. The lowest BCUT2D eigenvalue weighted by atomic mass is 10.0. The Morgan fingerprint density at radius 3 is 1.91 bits per heavy atom. The number of para-hydroxylation sites is 4. The summed E-state index contributed by atoms with van der Waals surface area (Å²) in [6.45, 7) is 0. The van der Waals surface area contributed by atoms with E-state index in [0.717, 1.165) is 72.2 Å². The number of nitrogens with zero attached hydrogens (tertiary/aromatic N) is 4. The number of hydrogen-bond donors (Lipinski definition) is 0. The van der Waals surface area contributed by atoms with Crippen LogP contribution in [0.25, 0.3) is 121 Å².